The van der Waals surface area contributed by atoms with Gasteiger partial charge in [0.2, 0.25) is 0 Å². The highest BCUT2D eigenvalue weighted by Crippen LogP contribution is 2.17. The van der Waals surface area contributed by atoms with Gasteiger partial charge in [-0.25, -0.2) is 9.07 Å². The van der Waals surface area contributed by atoms with Gasteiger partial charge in [0.05, 0.1) is 17.4 Å². The molecule has 4 nitrogen and oxygen atoms in total. The molecular formula is C14H19FN4. The SMILES string of the molecule is CCCNC(C)c1nnn(-c2ccc(F)cc2)c1C. The average molecular weight is 262 g/mol. The molecule has 0 amide bonds. The minimum Gasteiger partial charge on any atom is -0.309 e. The quantitative estimate of drug-likeness (QED) is 0.901. The maximum Gasteiger partial charge on any atom is 0.123 e. The molecule has 0 aliphatic heterocycles. The van der Waals surface area contributed by atoms with Crippen LogP contribution in [0, 0.1) is 12.7 Å². The van der Waals surface area contributed by atoms with Gasteiger partial charge in [-0.15, -0.1) is 5.10 Å². The topological polar surface area (TPSA) is 42.7 Å². The van der Waals surface area contributed by atoms with Crippen LogP contribution in [0.3, 0.4) is 0 Å². The summed E-state index contributed by atoms with van der Waals surface area (Å²) in [6.45, 7) is 7.12. The van der Waals surface area contributed by atoms with Crippen LogP contribution in [0.15, 0.2) is 24.3 Å². The van der Waals surface area contributed by atoms with Crippen molar-refractivity contribution in [3.05, 3.63) is 41.5 Å². The van der Waals surface area contributed by atoms with Crippen LogP contribution in [-0.4, -0.2) is 21.5 Å². The number of rotatable bonds is 5. The monoisotopic (exact) mass is 262 g/mol. The summed E-state index contributed by atoms with van der Waals surface area (Å²) in [6.07, 6.45) is 1.08. The molecule has 1 atom stereocenters. The van der Waals surface area contributed by atoms with Gasteiger partial charge < -0.3 is 5.32 Å². The molecule has 2 rings (SSSR count). The van der Waals surface area contributed by atoms with E-state index in [1.165, 1.54) is 12.1 Å². The third-order valence-electron chi connectivity index (χ3n) is 3.11. The highest BCUT2D eigenvalue weighted by molar-refractivity contribution is 5.33. The molecule has 0 bridgehead atoms. The predicted octanol–water partition coefficient (Wildman–Crippen LogP) is 2.78. The summed E-state index contributed by atoms with van der Waals surface area (Å²) in [6, 6.07) is 6.41. The van der Waals surface area contributed by atoms with Crippen molar-refractivity contribution in [1.29, 1.82) is 0 Å². The highest BCUT2D eigenvalue weighted by Gasteiger charge is 2.15. The zero-order valence-electron chi connectivity index (χ0n) is 11.5. The summed E-state index contributed by atoms with van der Waals surface area (Å²) in [5.74, 6) is -0.250. The number of benzene rings is 1. The zero-order valence-corrected chi connectivity index (χ0v) is 11.5. The van der Waals surface area contributed by atoms with E-state index in [9.17, 15) is 4.39 Å². The van der Waals surface area contributed by atoms with Crippen molar-refractivity contribution in [2.24, 2.45) is 0 Å². The fraction of sp³-hybridized carbons (Fsp3) is 0.429. The Morgan fingerprint density at radius 2 is 2.00 bits per heavy atom. The van der Waals surface area contributed by atoms with E-state index in [1.54, 1.807) is 16.8 Å². The number of aromatic nitrogens is 3. The molecule has 1 N–H and O–H groups in total. The Hall–Kier alpha value is -1.75. The van der Waals surface area contributed by atoms with E-state index in [4.69, 9.17) is 0 Å². The van der Waals surface area contributed by atoms with Gasteiger partial charge >= 0.3 is 0 Å². The van der Waals surface area contributed by atoms with Crippen LogP contribution >= 0.6 is 0 Å². The van der Waals surface area contributed by atoms with E-state index >= 15 is 0 Å². The number of nitrogens with one attached hydrogen (secondary N) is 1. The van der Waals surface area contributed by atoms with Crippen molar-refractivity contribution < 1.29 is 4.39 Å². The number of nitrogens with zero attached hydrogens (tertiary/aromatic N) is 3. The first-order valence-corrected chi connectivity index (χ1v) is 6.55. The summed E-state index contributed by atoms with van der Waals surface area (Å²) < 4.78 is 14.7. The predicted molar refractivity (Wildman–Crippen MR) is 72.8 cm³/mol. The summed E-state index contributed by atoms with van der Waals surface area (Å²) in [5, 5.41) is 11.8. The van der Waals surface area contributed by atoms with E-state index < -0.39 is 0 Å². The molecule has 0 radical (unpaired) electrons. The number of halogens is 1. The minimum atomic E-state index is -0.250. The van der Waals surface area contributed by atoms with Crippen LogP contribution < -0.4 is 5.32 Å². The molecule has 0 aliphatic rings. The zero-order chi connectivity index (χ0) is 13.8. The van der Waals surface area contributed by atoms with E-state index in [-0.39, 0.29) is 11.9 Å². The standard InChI is InChI=1S/C14H19FN4/c1-4-9-16-10(2)14-11(3)19(18-17-14)13-7-5-12(15)6-8-13/h5-8,10,16H,4,9H2,1-3H3. The van der Waals surface area contributed by atoms with Crippen LogP contribution in [0.4, 0.5) is 4.39 Å². The maximum absolute atomic E-state index is 12.9. The fourth-order valence-electron chi connectivity index (χ4n) is 2.03. The van der Waals surface area contributed by atoms with Gasteiger partial charge in [-0.05, 0) is 51.1 Å². The van der Waals surface area contributed by atoms with Gasteiger partial charge in [0.1, 0.15) is 11.5 Å². The molecule has 0 fully saturated rings. The van der Waals surface area contributed by atoms with Gasteiger partial charge in [0.15, 0.2) is 0 Å². The molecule has 102 valence electrons. The van der Waals surface area contributed by atoms with Crippen LogP contribution in [0.5, 0.6) is 0 Å². The lowest BCUT2D eigenvalue weighted by atomic mass is 10.2. The molecule has 1 heterocycles. The number of hydrogen-bond acceptors (Lipinski definition) is 3. The molecular weight excluding hydrogens is 243 g/mol. The summed E-state index contributed by atoms with van der Waals surface area (Å²) >= 11 is 0. The lowest BCUT2D eigenvalue weighted by Crippen LogP contribution is -2.20. The second kappa shape index (κ2) is 5.93. The van der Waals surface area contributed by atoms with Gasteiger partial charge in [-0.2, -0.15) is 0 Å². The molecule has 0 saturated heterocycles. The first kappa shape index (κ1) is 13.7. The van der Waals surface area contributed by atoms with Gasteiger partial charge in [0, 0.05) is 0 Å². The second-order valence-electron chi connectivity index (χ2n) is 4.62. The normalized spacial score (nSPS) is 12.6. The van der Waals surface area contributed by atoms with Gasteiger partial charge in [0.25, 0.3) is 0 Å². The largest absolute Gasteiger partial charge is 0.309 e. The van der Waals surface area contributed by atoms with Crippen LogP contribution in [0.2, 0.25) is 0 Å². The third kappa shape index (κ3) is 2.98. The van der Waals surface area contributed by atoms with Crippen molar-refractivity contribution in [3.8, 4) is 5.69 Å². The minimum absolute atomic E-state index is 0.161. The van der Waals surface area contributed by atoms with E-state index in [1.807, 2.05) is 6.92 Å². The third-order valence-corrected chi connectivity index (χ3v) is 3.11. The molecule has 1 aromatic heterocycles. The van der Waals surface area contributed by atoms with E-state index in [2.05, 4.69) is 29.5 Å². The fourth-order valence-corrected chi connectivity index (χ4v) is 2.03. The molecule has 1 unspecified atom stereocenters. The average Bonchev–Trinajstić information content (AvgIpc) is 2.79. The Morgan fingerprint density at radius 1 is 1.32 bits per heavy atom. The Morgan fingerprint density at radius 3 is 2.63 bits per heavy atom. The van der Waals surface area contributed by atoms with Crippen molar-refractivity contribution in [1.82, 2.24) is 20.3 Å². The highest BCUT2D eigenvalue weighted by atomic mass is 19.1. The molecule has 19 heavy (non-hydrogen) atoms. The lowest BCUT2D eigenvalue weighted by molar-refractivity contribution is 0.555. The first-order chi connectivity index (χ1) is 9.13. The first-order valence-electron chi connectivity index (χ1n) is 6.55. The summed E-state index contributed by atoms with van der Waals surface area (Å²) in [4.78, 5) is 0. The van der Waals surface area contributed by atoms with Crippen molar-refractivity contribution in [2.45, 2.75) is 33.2 Å². The smallest absolute Gasteiger partial charge is 0.123 e. The Balaban J connectivity index is 2.25. The maximum atomic E-state index is 12.9. The van der Waals surface area contributed by atoms with Crippen molar-refractivity contribution in [2.75, 3.05) is 6.54 Å². The van der Waals surface area contributed by atoms with E-state index in [0.29, 0.717) is 0 Å². The molecule has 0 spiro atoms. The second-order valence-corrected chi connectivity index (χ2v) is 4.62. The number of hydrogen-bond donors (Lipinski definition) is 1. The van der Waals surface area contributed by atoms with Crippen LogP contribution in [0.1, 0.15) is 37.7 Å². The van der Waals surface area contributed by atoms with Crippen molar-refractivity contribution >= 4 is 0 Å². The van der Waals surface area contributed by atoms with Gasteiger partial charge in [-0.1, -0.05) is 12.1 Å². The summed E-state index contributed by atoms with van der Waals surface area (Å²) in [7, 11) is 0. The molecule has 0 aliphatic carbocycles. The summed E-state index contributed by atoms with van der Waals surface area (Å²) in [5.41, 5.74) is 2.72. The molecule has 5 heteroatoms. The lowest BCUT2D eigenvalue weighted by Gasteiger charge is -2.11. The Bertz CT molecular complexity index is 533. The Kier molecular flexibility index (Phi) is 4.27. The van der Waals surface area contributed by atoms with Crippen molar-refractivity contribution in [3.63, 3.8) is 0 Å². The molecule has 1 aromatic carbocycles. The van der Waals surface area contributed by atoms with Crippen LogP contribution in [0.25, 0.3) is 5.69 Å². The Labute approximate surface area is 112 Å². The van der Waals surface area contributed by atoms with Gasteiger partial charge in [-0.3, -0.25) is 0 Å². The van der Waals surface area contributed by atoms with E-state index in [0.717, 1.165) is 30.0 Å². The van der Waals surface area contributed by atoms with Crippen LogP contribution in [-0.2, 0) is 0 Å². The molecule has 2 aromatic rings. The molecule has 0 saturated carbocycles.